The molecule has 0 aliphatic carbocycles. The number of halogens is 2. The Kier molecular flexibility index (Phi) is 5.30. The highest BCUT2D eigenvalue weighted by atomic mass is 79.9. The summed E-state index contributed by atoms with van der Waals surface area (Å²) in [5.74, 6) is 0.790. The monoisotopic (exact) mass is 371 g/mol. The summed E-state index contributed by atoms with van der Waals surface area (Å²) in [4.78, 5) is 0. The van der Waals surface area contributed by atoms with E-state index in [0.29, 0.717) is 11.4 Å². The number of hydrogen-bond acceptors (Lipinski definition) is 3. The number of methoxy groups -OCH3 is 1. The molecule has 6 heteroatoms. The number of rotatable bonds is 5. The quantitative estimate of drug-likeness (QED) is 0.866. The molecule has 1 heterocycles. The van der Waals surface area contributed by atoms with E-state index in [4.69, 9.17) is 22.1 Å². The first kappa shape index (κ1) is 16.3. The molecule has 0 aliphatic heterocycles. The number of nitrogens with two attached hydrogens (primary N) is 1. The zero-order chi connectivity index (χ0) is 15.6. The lowest BCUT2D eigenvalue weighted by atomic mass is 10.0. The highest BCUT2D eigenvalue weighted by Gasteiger charge is 2.17. The van der Waals surface area contributed by atoms with Crippen molar-refractivity contribution in [3.8, 4) is 5.75 Å². The van der Waals surface area contributed by atoms with Crippen LogP contribution in [0.15, 0.2) is 22.7 Å². The van der Waals surface area contributed by atoms with Crippen LogP contribution < -0.4 is 10.5 Å². The van der Waals surface area contributed by atoms with Gasteiger partial charge in [0.25, 0.3) is 0 Å². The maximum absolute atomic E-state index is 6.34. The predicted molar refractivity (Wildman–Crippen MR) is 89.0 cm³/mol. The minimum Gasteiger partial charge on any atom is -0.496 e. The minimum atomic E-state index is -0.147. The van der Waals surface area contributed by atoms with Gasteiger partial charge >= 0.3 is 0 Å². The third kappa shape index (κ3) is 3.42. The molecule has 1 atom stereocenters. The van der Waals surface area contributed by atoms with Gasteiger partial charge in [-0.05, 0) is 47.5 Å². The van der Waals surface area contributed by atoms with E-state index in [-0.39, 0.29) is 6.04 Å². The Hall–Kier alpha value is -1.04. The number of benzene rings is 1. The van der Waals surface area contributed by atoms with E-state index in [0.717, 1.165) is 33.7 Å². The third-order valence-corrected chi connectivity index (χ3v) is 4.58. The van der Waals surface area contributed by atoms with Gasteiger partial charge < -0.3 is 10.5 Å². The van der Waals surface area contributed by atoms with E-state index in [2.05, 4.69) is 21.0 Å². The lowest BCUT2D eigenvalue weighted by Crippen LogP contribution is -2.16. The molecule has 0 fully saturated rings. The van der Waals surface area contributed by atoms with Gasteiger partial charge in [0, 0.05) is 19.0 Å². The van der Waals surface area contributed by atoms with Gasteiger partial charge in [-0.2, -0.15) is 5.10 Å². The van der Waals surface area contributed by atoms with Crippen LogP contribution >= 0.6 is 27.5 Å². The van der Waals surface area contributed by atoms with Crippen molar-refractivity contribution in [2.24, 2.45) is 5.73 Å². The topological polar surface area (TPSA) is 53.1 Å². The molecule has 2 aromatic rings. The Morgan fingerprint density at radius 2 is 2.19 bits per heavy atom. The minimum absolute atomic E-state index is 0.147. The van der Waals surface area contributed by atoms with Gasteiger partial charge in [-0.3, -0.25) is 4.68 Å². The molecule has 1 aromatic carbocycles. The summed E-state index contributed by atoms with van der Waals surface area (Å²) in [6, 6.07) is 5.72. The second-order valence-corrected chi connectivity index (χ2v) is 6.10. The zero-order valence-electron chi connectivity index (χ0n) is 12.4. The van der Waals surface area contributed by atoms with E-state index >= 15 is 0 Å². The molecular formula is C15H19BrClN3O. The van der Waals surface area contributed by atoms with Crippen LogP contribution in [0, 0.1) is 6.92 Å². The summed E-state index contributed by atoms with van der Waals surface area (Å²) in [6.07, 6.45) is 0.645. The van der Waals surface area contributed by atoms with Gasteiger partial charge in [-0.1, -0.05) is 17.7 Å². The second kappa shape index (κ2) is 6.81. The molecule has 0 spiro atoms. The molecule has 0 radical (unpaired) electrons. The molecule has 1 aromatic heterocycles. The van der Waals surface area contributed by atoms with Crippen LogP contribution in [0.3, 0.4) is 0 Å². The van der Waals surface area contributed by atoms with Crippen LogP contribution in [-0.2, 0) is 13.0 Å². The molecule has 4 nitrogen and oxygen atoms in total. The van der Waals surface area contributed by atoms with Crippen LogP contribution in [0.5, 0.6) is 5.75 Å². The van der Waals surface area contributed by atoms with E-state index < -0.39 is 0 Å². The van der Waals surface area contributed by atoms with Crippen molar-refractivity contribution in [1.29, 1.82) is 0 Å². The standard InChI is InChI=1S/C15H19BrClN3O/c1-4-20-13(15(17)9(2)19-20)8-12(18)10-5-6-14(21-3)11(16)7-10/h5-7,12H,4,8,18H2,1-3H3. The number of aryl methyl sites for hydroxylation is 2. The van der Waals surface area contributed by atoms with Crippen molar-refractivity contribution < 1.29 is 4.74 Å². The Morgan fingerprint density at radius 1 is 1.48 bits per heavy atom. The molecular weight excluding hydrogens is 354 g/mol. The van der Waals surface area contributed by atoms with Crippen LogP contribution in [0.1, 0.15) is 29.9 Å². The summed E-state index contributed by atoms with van der Waals surface area (Å²) < 4.78 is 8.04. The number of hydrogen-bond donors (Lipinski definition) is 1. The molecule has 0 saturated heterocycles. The number of ether oxygens (including phenoxy) is 1. The second-order valence-electron chi connectivity index (χ2n) is 4.87. The van der Waals surface area contributed by atoms with Crippen LogP contribution in [0.4, 0.5) is 0 Å². The molecule has 21 heavy (non-hydrogen) atoms. The summed E-state index contributed by atoms with van der Waals surface area (Å²) >= 11 is 9.82. The first-order valence-electron chi connectivity index (χ1n) is 6.78. The fourth-order valence-corrected chi connectivity index (χ4v) is 3.07. The smallest absolute Gasteiger partial charge is 0.133 e. The van der Waals surface area contributed by atoms with E-state index in [1.54, 1.807) is 7.11 Å². The van der Waals surface area contributed by atoms with Gasteiger partial charge in [-0.25, -0.2) is 0 Å². The number of nitrogens with zero attached hydrogens (tertiary/aromatic N) is 2. The molecule has 114 valence electrons. The summed E-state index contributed by atoms with van der Waals surface area (Å²) in [5, 5.41) is 5.13. The molecule has 1 unspecified atom stereocenters. The van der Waals surface area contributed by atoms with Gasteiger partial charge in [0.15, 0.2) is 0 Å². The maximum atomic E-state index is 6.34. The number of aromatic nitrogens is 2. The van der Waals surface area contributed by atoms with Gasteiger partial charge in [0.2, 0.25) is 0 Å². The zero-order valence-corrected chi connectivity index (χ0v) is 14.7. The normalized spacial score (nSPS) is 12.5. The Balaban J connectivity index is 2.25. The summed E-state index contributed by atoms with van der Waals surface area (Å²) in [5.41, 5.74) is 9.18. The largest absolute Gasteiger partial charge is 0.496 e. The van der Waals surface area contributed by atoms with Crippen molar-refractivity contribution in [3.63, 3.8) is 0 Å². The lowest BCUT2D eigenvalue weighted by Gasteiger charge is -2.15. The van der Waals surface area contributed by atoms with Crippen molar-refractivity contribution in [1.82, 2.24) is 9.78 Å². The van der Waals surface area contributed by atoms with Crippen molar-refractivity contribution >= 4 is 27.5 Å². The highest BCUT2D eigenvalue weighted by molar-refractivity contribution is 9.10. The molecule has 0 bridgehead atoms. The first-order chi connectivity index (χ1) is 9.97. The molecule has 0 amide bonds. The van der Waals surface area contributed by atoms with E-state index in [1.165, 1.54) is 0 Å². The van der Waals surface area contributed by atoms with Gasteiger partial charge in [0.05, 0.1) is 28.0 Å². The van der Waals surface area contributed by atoms with Crippen molar-refractivity contribution in [2.75, 3.05) is 7.11 Å². The molecule has 2 N–H and O–H groups in total. The first-order valence-corrected chi connectivity index (χ1v) is 7.95. The Labute approximate surface area is 138 Å². The van der Waals surface area contributed by atoms with Crippen molar-refractivity contribution in [3.05, 3.63) is 44.6 Å². The Bertz CT molecular complexity index is 642. The van der Waals surface area contributed by atoms with Crippen LogP contribution in [0.2, 0.25) is 5.02 Å². The van der Waals surface area contributed by atoms with Crippen LogP contribution in [-0.4, -0.2) is 16.9 Å². The summed E-state index contributed by atoms with van der Waals surface area (Å²) in [6.45, 7) is 4.73. The van der Waals surface area contributed by atoms with E-state index in [9.17, 15) is 0 Å². The highest BCUT2D eigenvalue weighted by Crippen LogP contribution is 2.30. The van der Waals surface area contributed by atoms with Gasteiger partial charge in [0.1, 0.15) is 5.75 Å². The Morgan fingerprint density at radius 3 is 2.76 bits per heavy atom. The summed E-state index contributed by atoms with van der Waals surface area (Å²) in [7, 11) is 1.64. The predicted octanol–water partition coefficient (Wildman–Crippen LogP) is 3.88. The molecule has 2 rings (SSSR count). The lowest BCUT2D eigenvalue weighted by molar-refractivity contribution is 0.412. The molecule has 0 aliphatic rings. The average molecular weight is 373 g/mol. The van der Waals surface area contributed by atoms with Crippen molar-refractivity contribution in [2.45, 2.75) is 32.9 Å². The average Bonchev–Trinajstić information content (AvgIpc) is 2.74. The van der Waals surface area contributed by atoms with E-state index in [1.807, 2.05) is 36.7 Å². The van der Waals surface area contributed by atoms with Gasteiger partial charge in [-0.15, -0.1) is 0 Å². The van der Waals surface area contributed by atoms with Crippen LogP contribution in [0.25, 0.3) is 0 Å². The third-order valence-electron chi connectivity index (χ3n) is 3.47. The maximum Gasteiger partial charge on any atom is 0.133 e. The SMILES string of the molecule is CCn1nc(C)c(Cl)c1CC(N)c1ccc(OC)c(Br)c1. The molecule has 0 saturated carbocycles. The fourth-order valence-electron chi connectivity index (χ4n) is 2.30. The fraction of sp³-hybridized carbons (Fsp3) is 0.400.